The molecule has 1 aromatic heterocycles. The number of aromatic nitrogens is 2. The van der Waals surface area contributed by atoms with Gasteiger partial charge in [0.25, 0.3) is 0 Å². The third kappa shape index (κ3) is 6.57. The molecule has 10 nitrogen and oxygen atoms in total. The highest BCUT2D eigenvalue weighted by molar-refractivity contribution is 5.79. The van der Waals surface area contributed by atoms with Crippen molar-refractivity contribution in [2.75, 3.05) is 33.9 Å². The predicted molar refractivity (Wildman–Crippen MR) is 144 cm³/mol. The predicted octanol–water partition coefficient (Wildman–Crippen LogP) is 3.40. The molecule has 2 aliphatic heterocycles. The average Bonchev–Trinajstić information content (AvgIpc) is 3.61. The van der Waals surface area contributed by atoms with Gasteiger partial charge in [0.1, 0.15) is 0 Å². The van der Waals surface area contributed by atoms with E-state index in [0.29, 0.717) is 49.3 Å². The van der Waals surface area contributed by atoms with Crippen LogP contribution in [0.2, 0.25) is 0 Å². The Morgan fingerprint density at radius 1 is 1.00 bits per heavy atom. The molecule has 0 aliphatic carbocycles. The van der Waals surface area contributed by atoms with Crippen LogP contribution >= 0.6 is 0 Å². The molecule has 2 aromatic carbocycles. The Morgan fingerprint density at radius 3 is 2.44 bits per heavy atom. The monoisotopic (exact) mass is 533 g/mol. The van der Waals surface area contributed by atoms with E-state index in [9.17, 15) is 9.59 Å². The van der Waals surface area contributed by atoms with E-state index in [2.05, 4.69) is 20.4 Å². The maximum atomic E-state index is 12.8. The molecular weight excluding hydrogens is 498 g/mol. The van der Waals surface area contributed by atoms with Crippen molar-refractivity contribution in [3.8, 4) is 22.9 Å². The first-order valence-electron chi connectivity index (χ1n) is 13.4. The summed E-state index contributed by atoms with van der Waals surface area (Å²) in [6.07, 6.45) is 3.17. The minimum absolute atomic E-state index is 0.00767. The second kappa shape index (κ2) is 12.3. The molecule has 2 fully saturated rings. The van der Waals surface area contributed by atoms with E-state index >= 15 is 0 Å². The van der Waals surface area contributed by atoms with Gasteiger partial charge >= 0.3 is 0 Å². The van der Waals surface area contributed by atoms with E-state index in [4.69, 9.17) is 14.0 Å². The number of ether oxygens (including phenoxy) is 2. The highest BCUT2D eigenvalue weighted by Gasteiger charge is 2.26. The van der Waals surface area contributed by atoms with Gasteiger partial charge in [-0.1, -0.05) is 29.4 Å². The second-order valence-corrected chi connectivity index (χ2v) is 10.1. The van der Waals surface area contributed by atoms with Crippen molar-refractivity contribution in [1.82, 2.24) is 25.3 Å². The van der Waals surface area contributed by atoms with Crippen LogP contribution in [0.4, 0.5) is 0 Å². The second-order valence-electron chi connectivity index (χ2n) is 10.1. The zero-order chi connectivity index (χ0) is 27.2. The Kier molecular flexibility index (Phi) is 8.41. The van der Waals surface area contributed by atoms with Gasteiger partial charge in [0.05, 0.1) is 20.8 Å². The van der Waals surface area contributed by atoms with E-state index in [-0.39, 0.29) is 17.7 Å². The van der Waals surface area contributed by atoms with Crippen LogP contribution < -0.4 is 14.8 Å². The smallest absolute Gasteiger partial charge is 0.241 e. The largest absolute Gasteiger partial charge is 0.493 e. The minimum atomic E-state index is -0.00767. The van der Waals surface area contributed by atoms with Crippen molar-refractivity contribution in [3.63, 3.8) is 0 Å². The van der Waals surface area contributed by atoms with E-state index in [1.165, 1.54) is 0 Å². The minimum Gasteiger partial charge on any atom is -0.493 e. The third-order valence-corrected chi connectivity index (χ3v) is 7.46. The topological polar surface area (TPSA) is 110 Å². The third-order valence-electron chi connectivity index (χ3n) is 7.46. The van der Waals surface area contributed by atoms with Crippen LogP contribution in [0.3, 0.4) is 0 Å². The first-order valence-corrected chi connectivity index (χ1v) is 13.4. The quantitative estimate of drug-likeness (QED) is 0.422. The Labute approximate surface area is 228 Å². The first kappa shape index (κ1) is 26.7. The van der Waals surface area contributed by atoms with Crippen LogP contribution in [0.15, 0.2) is 47.0 Å². The summed E-state index contributed by atoms with van der Waals surface area (Å²) >= 11 is 0. The summed E-state index contributed by atoms with van der Waals surface area (Å²) < 4.78 is 16.1. The van der Waals surface area contributed by atoms with Crippen LogP contribution in [-0.2, 0) is 29.2 Å². The summed E-state index contributed by atoms with van der Waals surface area (Å²) in [6, 6.07) is 13.6. The average molecular weight is 534 g/mol. The molecule has 0 unspecified atom stereocenters. The van der Waals surface area contributed by atoms with E-state index in [0.717, 1.165) is 55.6 Å². The number of amides is 2. The lowest BCUT2D eigenvalue weighted by Crippen LogP contribution is -2.40. The normalized spacial score (nSPS) is 16.5. The Morgan fingerprint density at radius 2 is 1.74 bits per heavy atom. The van der Waals surface area contributed by atoms with Gasteiger partial charge < -0.3 is 24.2 Å². The van der Waals surface area contributed by atoms with Crippen molar-refractivity contribution in [1.29, 1.82) is 0 Å². The number of nitrogens with one attached hydrogen (secondary N) is 1. The maximum Gasteiger partial charge on any atom is 0.241 e. The lowest BCUT2D eigenvalue weighted by molar-refractivity contribution is -0.128. The molecule has 39 heavy (non-hydrogen) atoms. The number of rotatable bonds is 10. The van der Waals surface area contributed by atoms with Crippen molar-refractivity contribution in [3.05, 3.63) is 59.5 Å². The number of piperidine rings is 1. The Bertz CT molecular complexity index is 1280. The fourth-order valence-electron chi connectivity index (χ4n) is 5.14. The van der Waals surface area contributed by atoms with Gasteiger partial charge in [0.15, 0.2) is 11.5 Å². The molecule has 0 saturated carbocycles. The summed E-state index contributed by atoms with van der Waals surface area (Å²) in [6.45, 7) is 4.12. The number of likely N-dealkylation sites (tertiary alicyclic amines) is 2. The van der Waals surface area contributed by atoms with Gasteiger partial charge in [-0.2, -0.15) is 4.98 Å². The van der Waals surface area contributed by atoms with Crippen LogP contribution in [0.5, 0.6) is 11.5 Å². The van der Waals surface area contributed by atoms with Gasteiger partial charge in [-0.25, -0.2) is 0 Å². The number of methoxy groups -OCH3 is 2. The first-order chi connectivity index (χ1) is 19.0. The van der Waals surface area contributed by atoms with Gasteiger partial charge in [0, 0.05) is 37.5 Å². The Balaban J connectivity index is 1.06. The number of hydrogen-bond acceptors (Lipinski definition) is 8. The highest BCUT2D eigenvalue weighted by Crippen LogP contribution is 2.31. The summed E-state index contributed by atoms with van der Waals surface area (Å²) in [5.41, 5.74) is 2.96. The molecule has 10 heteroatoms. The highest BCUT2D eigenvalue weighted by atomic mass is 16.5. The SMILES string of the molecule is COc1ccc(-c2noc(CN3CCC(C(=O)NCc4ccc(CN5CCCC5=O)cc4)CC3)n2)cc1OC. The summed E-state index contributed by atoms with van der Waals surface area (Å²) in [5, 5.41) is 7.21. The maximum absolute atomic E-state index is 12.8. The van der Waals surface area contributed by atoms with Crippen LogP contribution in [0.25, 0.3) is 11.4 Å². The molecule has 5 rings (SSSR count). The molecular formula is C29H35N5O5. The van der Waals surface area contributed by atoms with E-state index < -0.39 is 0 Å². The van der Waals surface area contributed by atoms with Crippen molar-refractivity contribution in [2.45, 2.75) is 45.3 Å². The standard InChI is InChI=1S/C29H35N5O5/c1-37-24-10-9-23(16-25(24)38-2)28-31-26(39-32-28)19-33-14-11-22(12-15-33)29(36)30-17-20-5-7-21(8-6-20)18-34-13-3-4-27(34)35/h5-10,16,22H,3-4,11-15,17-19H2,1-2H3,(H,30,36). The van der Waals surface area contributed by atoms with Crippen molar-refractivity contribution >= 4 is 11.8 Å². The molecule has 206 valence electrons. The van der Waals surface area contributed by atoms with Crippen LogP contribution in [0.1, 0.15) is 42.7 Å². The van der Waals surface area contributed by atoms with E-state index in [1.807, 2.05) is 47.4 Å². The molecule has 3 aromatic rings. The lowest BCUT2D eigenvalue weighted by Gasteiger charge is -2.30. The molecule has 0 radical (unpaired) electrons. The molecule has 2 saturated heterocycles. The molecule has 0 atom stereocenters. The van der Waals surface area contributed by atoms with Gasteiger partial charge in [0.2, 0.25) is 23.5 Å². The number of carbonyl (C=O) groups excluding carboxylic acids is 2. The number of hydrogen-bond donors (Lipinski definition) is 1. The number of carbonyl (C=O) groups is 2. The summed E-state index contributed by atoms with van der Waals surface area (Å²) in [7, 11) is 3.18. The van der Waals surface area contributed by atoms with Crippen LogP contribution in [0, 0.1) is 5.92 Å². The molecule has 3 heterocycles. The zero-order valence-electron chi connectivity index (χ0n) is 22.5. The molecule has 1 N–H and O–H groups in total. The molecule has 2 aliphatic rings. The lowest BCUT2D eigenvalue weighted by atomic mass is 9.96. The number of nitrogens with zero attached hydrogens (tertiary/aromatic N) is 4. The van der Waals surface area contributed by atoms with E-state index in [1.54, 1.807) is 14.2 Å². The molecule has 0 spiro atoms. The molecule has 0 bridgehead atoms. The van der Waals surface area contributed by atoms with Crippen molar-refractivity contribution in [2.24, 2.45) is 5.92 Å². The number of benzene rings is 2. The Hall–Kier alpha value is -3.92. The van der Waals surface area contributed by atoms with Gasteiger partial charge in [-0.15, -0.1) is 0 Å². The fourth-order valence-corrected chi connectivity index (χ4v) is 5.14. The van der Waals surface area contributed by atoms with Crippen LogP contribution in [-0.4, -0.2) is 65.6 Å². The van der Waals surface area contributed by atoms with Gasteiger partial charge in [-0.3, -0.25) is 14.5 Å². The van der Waals surface area contributed by atoms with Gasteiger partial charge in [-0.05, 0) is 61.7 Å². The summed E-state index contributed by atoms with van der Waals surface area (Å²) in [5.74, 6) is 2.60. The van der Waals surface area contributed by atoms with Crippen molar-refractivity contribution < 1.29 is 23.6 Å². The zero-order valence-corrected chi connectivity index (χ0v) is 22.5. The summed E-state index contributed by atoms with van der Waals surface area (Å²) in [4.78, 5) is 33.3. The molecule has 2 amide bonds. The fraction of sp³-hybridized carbons (Fsp3) is 0.448.